The molecule has 1 fully saturated rings. The third kappa shape index (κ3) is 1.98. The van der Waals surface area contributed by atoms with E-state index in [1.807, 2.05) is 19.1 Å². The van der Waals surface area contributed by atoms with Gasteiger partial charge in [-0.15, -0.1) is 0 Å². The summed E-state index contributed by atoms with van der Waals surface area (Å²) < 4.78 is 10.4. The van der Waals surface area contributed by atoms with Gasteiger partial charge in [0.25, 0.3) is 0 Å². The van der Waals surface area contributed by atoms with E-state index in [9.17, 15) is 0 Å². The van der Waals surface area contributed by atoms with Crippen molar-refractivity contribution in [3.63, 3.8) is 0 Å². The molecule has 0 amide bonds. The Labute approximate surface area is 77.7 Å². The van der Waals surface area contributed by atoms with Crippen LogP contribution in [-0.4, -0.2) is 12.6 Å². The zero-order valence-corrected chi connectivity index (χ0v) is 7.78. The summed E-state index contributed by atoms with van der Waals surface area (Å²) in [6.45, 7) is 3.59. The van der Waals surface area contributed by atoms with Crippen molar-refractivity contribution in [3.05, 3.63) is 0 Å². The molecule has 0 saturated carbocycles. The summed E-state index contributed by atoms with van der Waals surface area (Å²) in [4.78, 5) is 0. The zero-order chi connectivity index (χ0) is 9.90. The van der Waals surface area contributed by atoms with Gasteiger partial charge in [-0.3, -0.25) is 0 Å². The molecule has 1 saturated heterocycles. The van der Waals surface area contributed by atoms with E-state index < -0.39 is 5.41 Å². The maximum Gasteiger partial charge on any atom is 0.166 e. The molecule has 0 spiro atoms. The van der Waals surface area contributed by atoms with E-state index in [1.54, 1.807) is 6.92 Å². The van der Waals surface area contributed by atoms with E-state index in [2.05, 4.69) is 0 Å². The predicted molar refractivity (Wildman–Crippen MR) is 44.0 cm³/mol. The van der Waals surface area contributed by atoms with Crippen molar-refractivity contribution in [1.29, 1.82) is 10.5 Å². The van der Waals surface area contributed by atoms with Crippen LogP contribution in [0, 0.1) is 28.1 Å². The minimum absolute atomic E-state index is 0.197. The second-order valence-corrected chi connectivity index (χ2v) is 3.13. The Morgan fingerprint density at radius 1 is 1.31 bits per heavy atom. The molecule has 1 rings (SSSR count). The first kappa shape index (κ1) is 9.98. The van der Waals surface area contributed by atoms with Crippen LogP contribution < -0.4 is 0 Å². The predicted octanol–water partition coefficient (Wildman–Crippen LogP) is 1.54. The van der Waals surface area contributed by atoms with Gasteiger partial charge in [0.15, 0.2) is 12.6 Å². The molecule has 0 unspecified atom stereocenters. The summed E-state index contributed by atoms with van der Waals surface area (Å²) in [6.07, 6.45) is 0.254. The Hall–Kier alpha value is -1.10. The highest BCUT2D eigenvalue weighted by Crippen LogP contribution is 2.32. The molecule has 4 nitrogen and oxygen atoms in total. The van der Waals surface area contributed by atoms with Gasteiger partial charge in [-0.1, -0.05) is 6.92 Å². The topological polar surface area (TPSA) is 66.0 Å². The Kier molecular flexibility index (Phi) is 2.87. The first-order valence-corrected chi connectivity index (χ1v) is 4.29. The largest absolute Gasteiger partial charge is 0.324 e. The van der Waals surface area contributed by atoms with Crippen LogP contribution in [0.2, 0.25) is 0 Å². The fraction of sp³-hybridized carbons (Fsp3) is 0.778. The quantitative estimate of drug-likeness (QED) is 0.660. The average Bonchev–Trinajstić information content (AvgIpc) is 2.11. The van der Waals surface area contributed by atoms with Gasteiger partial charge >= 0.3 is 0 Å². The second-order valence-electron chi connectivity index (χ2n) is 3.13. The van der Waals surface area contributed by atoms with Crippen molar-refractivity contribution in [2.24, 2.45) is 5.41 Å². The van der Waals surface area contributed by atoms with E-state index >= 15 is 0 Å². The van der Waals surface area contributed by atoms with E-state index in [0.29, 0.717) is 12.8 Å². The lowest BCUT2D eigenvalue weighted by atomic mass is 9.84. The van der Waals surface area contributed by atoms with Crippen LogP contribution in [0.1, 0.15) is 26.7 Å². The summed E-state index contributed by atoms with van der Waals surface area (Å²) in [6, 6.07) is 4.02. The number of nitriles is 2. The SMILES string of the molecule is CCC(C#N)(C#N)CC1OC(C)O1. The molecule has 0 bridgehead atoms. The second kappa shape index (κ2) is 3.74. The smallest absolute Gasteiger partial charge is 0.166 e. The number of ether oxygens (including phenoxy) is 2. The molecular formula is C9H12N2O2. The molecule has 0 N–H and O–H groups in total. The lowest BCUT2D eigenvalue weighted by Crippen LogP contribution is -2.42. The molecule has 0 radical (unpaired) electrons. The monoisotopic (exact) mass is 180 g/mol. The first-order chi connectivity index (χ1) is 6.15. The van der Waals surface area contributed by atoms with Crippen molar-refractivity contribution in [3.8, 4) is 12.1 Å². The van der Waals surface area contributed by atoms with Crippen LogP contribution >= 0.6 is 0 Å². The van der Waals surface area contributed by atoms with Gasteiger partial charge in [-0.05, 0) is 13.3 Å². The van der Waals surface area contributed by atoms with Crippen LogP contribution in [0.15, 0.2) is 0 Å². The Morgan fingerprint density at radius 3 is 2.15 bits per heavy atom. The average molecular weight is 180 g/mol. The summed E-state index contributed by atoms with van der Waals surface area (Å²) in [5, 5.41) is 17.7. The summed E-state index contributed by atoms with van der Waals surface area (Å²) in [5.74, 6) is 0. The van der Waals surface area contributed by atoms with Gasteiger partial charge in [-0.25, -0.2) is 0 Å². The molecule has 1 heterocycles. The van der Waals surface area contributed by atoms with E-state index in [4.69, 9.17) is 20.0 Å². The van der Waals surface area contributed by atoms with Crippen LogP contribution in [0.25, 0.3) is 0 Å². The highest BCUT2D eigenvalue weighted by molar-refractivity contribution is 5.13. The molecule has 0 atom stereocenters. The van der Waals surface area contributed by atoms with Crippen molar-refractivity contribution >= 4 is 0 Å². The van der Waals surface area contributed by atoms with Gasteiger partial charge in [-0.2, -0.15) is 10.5 Å². The third-order valence-corrected chi connectivity index (χ3v) is 2.23. The number of nitrogens with zero attached hydrogens (tertiary/aromatic N) is 2. The van der Waals surface area contributed by atoms with Gasteiger partial charge in [0.05, 0.1) is 12.1 Å². The standard InChI is InChI=1S/C9H12N2O2/c1-3-9(5-10,6-11)4-8-12-7(2)13-8/h7-8H,3-4H2,1-2H3. The summed E-state index contributed by atoms with van der Waals surface area (Å²) >= 11 is 0. The van der Waals surface area contributed by atoms with Gasteiger partial charge in [0.1, 0.15) is 5.41 Å². The lowest BCUT2D eigenvalue weighted by molar-refractivity contribution is -0.380. The maximum atomic E-state index is 8.83. The third-order valence-electron chi connectivity index (χ3n) is 2.23. The fourth-order valence-corrected chi connectivity index (χ4v) is 1.24. The van der Waals surface area contributed by atoms with E-state index in [-0.39, 0.29) is 12.6 Å². The van der Waals surface area contributed by atoms with Crippen molar-refractivity contribution in [2.75, 3.05) is 0 Å². The molecule has 0 aromatic heterocycles. The van der Waals surface area contributed by atoms with Crippen LogP contribution in [0.3, 0.4) is 0 Å². The molecule has 0 aliphatic carbocycles. The van der Waals surface area contributed by atoms with Crippen molar-refractivity contribution in [1.82, 2.24) is 0 Å². The van der Waals surface area contributed by atoms with Crippen molar-refractivity contribution < 1.29 is 9.47 Å². The van der Waals surface area contributed by atoms with E-state index in [1.165, 1.54) is 0 Å². The minimum Gasteiger partial charge on any atom is -0.324 e. The molecule has 1 aliphatic rings. The zero-order valence-electron chi connectivity index (χ0n) is 7.78. The van der Waals surface area contributed by atoms with Gasteiger partial charge < -0.3 is 9.47 Å². The van der Waals surface area contributed by atoms with Crippen molar-refractivity contribution in [2.45, 2.75) is 39.3 Å². The van der Waals surface area contributed by atoms with Crippen LogP contribution in [-0.2, 0) is 9.47 Å². The van der Waals surface area contributed by atoms with Crippen LogP contribution in [0.5, 0.6) is 0 Å². The Balaban J connectivity index is 2.51. The molecule has 13 heavy (non-hydrogen) atoms. The van der Waals surface area contributed by atoms with Crippen LogP contribution in [0.4, 0.5) is 0 Å². The molecule has 0 aromatic rings. The molecule has 1 aliphatic heterocycles. The highest BCUT2D eigenvalue weighted by atomic mass is 16.9. The Bertz CT molecular complexity index is 244. The molecule has 70 valence electrons. The van der Waals surface area contributed by atoms with Gasteiger partial charge in [0, 0.05) is 6.42 Å². The maximum absolute atomic E-state index is 8.83. The van der Waals surface area contributed by atoms with E-state index in [0.717, 1.165) is 0 Å². The molecular weight excluding hydrogens is 168 g/mol. The normalized spacial score (nSPS) is 27.1. The summed E-state index contributed by atoms with van der Waals surface area (Å²) in [7, 11) is 0. The number of hydrogen-bond acceptors (Lipinski definition) is 4. The summed E-state index contributed by atoms with van der Waals surface area (Å²) in [5.41, 5.74) is -0.954. The van der Waals surface area contributed by atoms with Gasteiger partial charge in [0.2, 0.25) is 0 Å². The number of rotatable bonds is 3. The highest BCUT2D eigenvalue weighted by Gasteiger charge is 2.38. The first-order valence-electron chi connectivity index (χ1n) is 4.29. The molecule has 0 aromatic carbocycles. The Morgan fingerprint density at radius 2 is 1.85 bits per heavy atom. The minimum atomic E-state index is -0.954. The fourth-order valence-electron chi connectivity index (χ4n) is 1.24. The lowest BCUT2D eigenvalue weighted by Gasteiger charge is -2.36. The number of hydrogen-bond donors (Lipinski definition) is 0. The molecule has 4 heteroatoms.